The molecule has 0 aromatic carbocycles. The summed E-state index contributed by atoms with van der Waals surface area (Å²) in [7, 11) is 0. The highest BCUT2D eigenvalue weighted by Crippen LogP contribution is 2.43. The molecule has 1 fully saturated rings. The molecule has 8 heteroatoms. The summed E-state index contributed by atoms with van der Waals surface area (Å²) >= 11 is 3.41. The van der Waals surface area contributed by atoms with Crippen molar-refractivity contribution in [2.45, 2.75) is 37.4 Å². The van der Waals surface area contributed by atoms with E-state index in [0.29, 0.717) is 35.7 Å². The van der Waals surface area contributed by atoms with E-state index >= 15 is 0 Å². The topological polar surface area (TPSA) is 39.1 Å². The summed E-state index contributed by atoms with van der Waals surface area (Å²) in [5.74, 6) is 0.604. The van der Waals surface area contributed by atoms with Gasteiger partial charge in [0.05, 0.1) is 10.2 Å². The van der Waals surface area contributed by atoms with Crippen molar-refractivity contribution in [3.8, 4) is 0 Å². The molecule has 0 radical (unpaired) electrons. The zero-order chi connectivity index (χ0) is 14.3. The zero-order valence-corrected chi connectivity index (χ0v) is 12.3. The molecular weight excluding hydrogens is 339 g/mol. The van der Waals surface area contributed by atoms with Crippen LogP contribution >= 0.6 is 15.9 Å². The van der Waals surface area contributed by atoms with Gasteiger partial charge in [-0.05, 0) is 35.2 Å². The Morgan fingerprint density at radius 1 is 1.25 bits per heavy atom. The number of rotatable bonds is 1. The molecule has 0 spiro atoms. The standard InChI is InChI=1S/C12H15BrF3N3O/c13-9-10(7-2-5-20-6-3-7)18-19-8(12(14,15)16)1-4-17-11(9)19/h7-8,17H,1-6H2. The van der Waals surface area contributed by atoms with Crippen LogP contribution in [0.3, 0.4) is 0 Å². The van der Waals surface area contributed by atoms with Crippen molar-refractivity contribution < 1.29 is 17.9 Å². The molecule has 112 valence electrons. The van der Waals surface area contributed by atoms with Crippen molar-refractivity contribution in [2.24, 2.45) is 0 Å². The highest BCUT2D eigenvalue weighted by Gasteiger charge is 2.45. The Morgan fingerprint density at radius 2 is 1.95 bits per heavy atom. The second-order valence-corrected chi connectivity index (χ2v) is 5.94. The molecular formula is C12H15BrF3N3O. The van der Waals surface area contributed by atoms with Crippen LogP contribution in [0.4, 0.5) is 19.0 Å². The van der Waals surface area contributed by atoms with E-state index < -0.39 is 12.2 Å². The van der Waals surface area contributed by atoms with Crippen molar-refractivity contribution >= 4 is 21.7 Å². The zero-order valence-electron chi connectivity index (χ0n) is 10.7. The number of halogens is 4. The van der Waals surface area contributed by atoms with Crippen molar-refractivity contribution in [2.75, 3.05) is 25.1 Å². The predicted octanol–water partition coefficient (Wildman–Crippen LogP) is 3.46. The van der Waals surface area contributed by atoms with Gasteiger partial charge in [-0.15, -0.1) is 0 Å². The minimum Gasteiger partial charge on any atom is -0.381 e. The van der Waals surface area contributed by atoms with Crippen molar-refractivity contribution in [1.29, 1.82) is 0 Å². The van der Waals surface area contributed by atoms with Gasteiger partial charge in [-0.3, -0.25) is 0 Å². The highest BCUT2D eigenvalue weighted by molar-refractivity contribution is 9.10. The number of ether oxygens (including phenoxy) is 1. The predicted molar refractivity (Wildman–Crippen MR) is 70.9 cm³/mol. The summed E-state index contributed by atoms with van der Waals surface area (Å²) in [4.78, 5) is 0. The van der Waals surface area contributed by atoms with Crippen LogP contribution in [0.25, 0.3) is 0 Å². The number of alkyl halides is 3. The first-order valence-corrected chi connectivity index (χ1v) is 7.44. The molecule has 0 bridgehead atoms. The Balaban J connectivity index is 1.97. The maximum absolute atomic E-state index is 13.1. The molecule has 1 saturated heterocycles. The van der Waals surface area contributed by atoms with Crippen LogP contribution in [-0.2, 0) is 4.74 Å². The molecule has 3 heterocycles. The Labute approximate surface area is 122 Å². The summed E-state index contributed by atoms with van der Waals surface area (Å²) < 4.78 is 46.3. The quantitative estimate of drug-likeness (QED) is 0.840. The van der Waals surface area contributed by atoms with E-state index in [1.54, 1.807) is 0 Å². The van der Waals surface area contributed by atoms with Gasteiger partial charge in [0.15, 0.2) is 6.04 Å². The fourth-order valence-electron chi connectivity index (χ4n) is 2.80. The van der Waals surface area contributed by atoms with Crippen molar-refractivity contribution in [3.05, 3.63) is 10.2 Å². The summed E-state index contributed by atoms with van der Waals surface area (Å²) in [6.45, 7) is 1.58. The Hall–Kier alpha value is -0.760. The van der Waals surface area contributed by atoms with Crippen LogP contribution in [0.15, 0.2) is 4.47 Å². The first-order valence-electron chi connectivity index (χ1n) is 6.64. The maximum Gasteiger partial charge on any atom is 0.410 e. The number of hydrogen-bond acceptors (Lipinski definition) is 3. The smallest absolute Gasteiger partial charge is 0.381 e. The molecule has 1 unspecified atom stereocenters. The monoisotopic (exact) mass is 353 g/mol. The molecule has 4 nitrogen and oxygen atoms in total. The van der Waals surface area contributed by atoms with Gasteiger partial charge in [-0.2, -0.15) is 18.3 Å². The number of aromatic nitrogens is 2. The van der Waals surface area contributed by atoms with Gasteiger partial charge < -0.3 is 10.1 Å². The van der Waals surface area contributed by atoms with Crippen molar-refractivity contribution in [3.63, 3.8) is 0 Å². The van der Waals surface area contributed by atoms with Gasteiger partial charge in [-0.25, -0.2) is 4.68 Å². The lowest BCUT2D eigenvalue weighted by Crippen LogP contribution is -2.34. The van der Waals surface area contributed by atoms with E-state index in [9.17, 15) is 13.2 Å². The van der Waals surface area contributed by atoms with Gasteiger partial charge in [0.2, 0.25) is 0 Å². The first kappa shape index (κ1) is 14.2. The molecule has 1 aromatic heterocycles. The summed E-state index contributed by atoms with van der Waals surface area (Å²) in [5, 5.41) is 7.27. The third-order valence-corrected chi connectivity index (χ3v) is 4.65. The Morgan fingerprint density at radius 3 is 2.60 bits per heavy atom. The van der Waals surface area contributed by atoms with E-state index in [2.05, 4.69) is 26.3 Å². The van der Waals surface area contributed by atoms with E-state index in [1.807, 2.05) is 0 Å². The van der Waals surface area contributed by atoms with Gasteiger partial charge in [0, 0.05) is 25.7 Å². The van der Waals surface area contributed by atoms with E-state index in [-0.39, 0.29) is 12.3 Å². The van der Waals surface area contributed by atoms with Crippen LogP contribution in [0.5, 0.6) is 0 Å². The number of nitrogens with one attached hydrogen (secondary N) is 1. The number of anilines is 1. The summed E-state index contributed by atoms with van der Waals surface area (Å²) in [6.07, 6.45) is -2.66. The summed E-state index contributed by atoms with van der Waals surface area (Å²) in [6, 6.07) is -1.54. The molecule has 2 aliphatic heterocycles. The van der Waals surface area contributed by atoms with Gasteiger partial charge in [-0.1, -0.05) is 0 Å². The lowest BCUT2D eigenvalue weighted by atomic mass is 9.97. The fourth-order valence-corrected chi connectivity index (χ4v) is 3.52. The lowest BCUT2D eigenvalue weighted by Gasteiger charge is -2.27. The van der Waals surface area contributed by atoms with Crippen LogP contribution in [0.1, 0.15) is 36.9 Å². The Kier molecular flexibility index (Phi) is 3.70. The molecule has 0 saturated carbocycles. The van der Waals surface area contributed by atoms with Gasteiger partial charge in [0.25, 0.3) is 0 Å². The molecule has 1 aromatic rings. The average molecular weight is 354 g/mol. The van der Waals surface area contributed by atoms with Crippen LogP contribution in [0.2, 0.25) is 0 Å². The van der Waals surface area contributed by atoms with E-state index in [1.165, 1.54) is 0 Å². The van der Waals surface area contributed by atoms with Crippen molar-refractivity contribution in [1.82, 2.24) is 9.78 Å². The minimum absolute atomic E-state index is 0.0117. The van der Waals surface area contributed by atoms with Gasteiger partial charge >= 0.3 is 6.18 Å². The molecule has 0 aliphatic carbocycles. The number of fused-ring (bicyclic) bond motifs is 1. The fraction of sp³-hybridized carbons (Fsp3) is 0.750. The van der Waals surface area contributed by atoms with Crippen LogP contribution in [0, 0.1) is 0 Å². The molecule has 3 rings (SSSR count). The molecule has 2 aliphatic rings. The molecule has 1 N–H and O–H groups in total. The third kappa shape index (κ3) is 2.43. The normalized spacial score (nSPS) is 24.3. The highest BCUT2D eigenvalue weighted by atomic mass is 79.9. The maximum atomic E-state index is 13.1. The Bertz CT molecular complexity index is 497. The SMILES string of the molecule is FC(F)(F)C1CCNc2c(Br)c(C3CCOCC3)nn21. The lowest BCUT2D eigenvalue weighted by molar-refractivity contribution is -0.171. The molecule has 1 atom stereocenters. The largest absolute Gasteiger partial charge is 0.410 e. The number of hydrogen-bond donors (Lipinski definition) is 1. The third-order valence-electron chi connectivity index (χ3n) is 3.87. The minimum atomic E-state index is -4.27. The van der Waals surface area contributed by atoms with Crippen LogP contribution in [-0.4, -0.2) is 35.7 Å². The summed E-state index contributed by atoms with van der Waals surface area (Å²) in [5.41, 5.74) is 0.715. The van der Waals surface area contributed by atoms with Crippen LogP contribution < -0.4 is 5.32 Å². The second kappa shape index (κ2) is 5.22. The van der Waals surface area contributed by atoms with E-state index in [4.69, 9.17) is 4.74 Å². The van der Waals surface area contributed by atoms with E-state index in [0.717, 1.165) is 17.5 Å². The number of nitrogens with zero attached hydrogens (tertiary/aromatic N) is 2. The first-order chi connectivity index (χ1) is 9.48. The average Bonchev–Trinajstić information content (AvgIpc) is 2.76. The molecule has 20 heavy (non-hydrogen) atoms. The second-order valence-electron chi connectivity index (χ2n) is 5.15. The van der Waals surface area contributed by atoms with Gasteiger partial charge in [0.1, 0.15) is 5.82 Å². The molecule has 0 amide bonds.